The zero-order chi connectivity index (χ0) is 14.3. The summed E-state index contributed by atoms with van der Waals surface area (Å²) in [5, 5.41) is 0.642. The van der Waals surface area contributed by atoms with Crippen molar-refractivity contribution < 1.29 is 4.42 Å². The molecule has 0 aliphatic rings. The third-order valence-corrected chi connectivity index (χ3v) is 3.61. The van der Waals surface area contributed by atoms with Crippen LogP contribution in [0.1, 0.15) is 16.7 Å². The van der Waals surface area contributed by atoms with Crippen molar-refractivity contribution in [3.05, 3.63) is 69.6 Å². The second kappa shape index (κ2) is 4.64. The van der Waals surface area contributed by atoms with E-state index in [0.717, 1.165) is 22.3 Å². The highest BCUT2D eigenvalue weighted by Gasteiger charge is 2.11. The normalized spacial score (nSPS) is 10.9. The molecule has 0 unspecified atom stereocenters. The summed E-state index contributed by atoms with van der Waals surface area (Å²) < 4.78 is 5.63. The first-order chi connectivity index (χ1) is 9.56. The van der Waals surface area contributed by atoms with Gasteiger partial charge in [-0.3, -0.25) is 4.79 Å². The van der Waals surface area contributed by atoms with Crippen LogP contribution in [0.25, 0.3) is 22.1 Å². The first-order valence-electron chi connectivity index (χ1n) is 6.66. The molecule has 1 aromatic heterocycles. The monoisotopic (exact) mass is 264 g/mol. The molecule has 0 spiro atoms. The van der Waals surface area contributed by atoms with E-state index in [9.17, 15) is 4.79 Å². The van der Waals surface area contributed by atoms with Gasteiger partial charge in [0, 0.05) is 0 Å². The predicted molar refractivity (Wildman–Crippen MR) is 82.1 cm³/mol. The van der Waals surface area contributed by atoms with Crippen molar-refractivity contribution in [2.24, 2.45) is 0 Å². The van der Waals surface area contributed by atoms with Gasteiger partial charge in [-0.2, -0.15) is 0 Å². The van der Waals surface area contributed by atoms with E-state index in [2.05, 4.69) is 0 Å². The van der Waals surface area contributed by atoms with Crippen LogP contribution in [-0.2, 0) is 0 Å². The van der Waals surface area contributed by atoms with Gasteiger partial charge in [0.05, 0.1) is 10.9 Å². The average Bonchev–Trinajstić information content (AvgIpc) is 2.43. The summed E-state index contributed by atoms with van der Waals surface area (Å²) >= 11 is 0. The Labute approximate surface area is 117 Å². The van der Waals surface area contributed by atoms with E-state index in [-0.39, 0.29) is 5.43 Å². The summed E-state index contributed by atoms with van der Waals surface area (Å²) in [6, 6.07) is 11.8. The Morgan fingerprint density at radius 3 is 2.35 bits per heavy atom. The standard InChI is InChI=1S/C18H16O2/c1-11-4-6-13(3)14(8-11)16-10-20-17-7-5-12(2)9-15(17)18(16)19/h4-10H,1-3H3. The number of hydrogen-bond donors (Lipinski definition) is 0. The van der Waals surface area contributed by atoms with Gasteiger partial charge in [-0.25, -0.2) is 0 Å². The Morgan fingerprint density at radius 2 is 1.55 bits per heavy atom. The minimum atomic E-state index is 0.0312. The molecule has 0 saturated carbocycles. The van der Waals surface area contributed by atoms with Gasteiger partial charge in [-0.05, 0) is 44.0 Å². The molecule has 0 aliphatic carbocycles. The van der Waals surface area contributed by atoms with Gasteiger partial charge < -0.3 is 4.42 Å². The average molecular weight is 264 g/mol. The van der Waals surface area contributed by atoms with Crippen LogP contribution in [0.2, 0.25) is 0 Å². The third-order valence-electron chi connectivity index (χ3n) is 3.61. The molecule has 3 rings (SSSR count). The lowest BCUT2D eigenvalue weighted by Crippen LogP contribution is -2.06. The van der Waals surface area contributed by atoms with Gasteiger partial charge in [-0.1, -0.05) is 35.4 Å². The maximum Gasteiger partial charge on any atom is 0.200 e. The summed E-state index contributed by atoms with van der Waals surface area (Å²) in [6.45, 7) is 6.01. The van der Waals surface area contributed by atoms with Gasteiger partial charge in [-0.15, -0.1) is 0 Å². The first-order valence-corrected chi connectivity index (χ1v) is 6.66. The van der Waals surface area contributed by atoms with Crippen molar-refractivity contribution in [3.8, 4) is 11.1 Å². The highest BCUT2D eigenvalue weighted by atomic mass is 16.3. The molecule has 0 amide bonds. The first kappa shape index (κ1) is 12.7. The molecule has 0 bridgehead atoms. The molecule has 2 nitrogen and oxygen atoms in total. The maximum atomic E-state index is 12.7. The number of rotatable bonds is 1. The zero-order valence-corrected chi connectivity index (χ0v) is 11.9. The molecule has 0 radical (unpaired) electrons. The molecular formula is C18H16O2. The van der Waals surface area contributed by atoms with Crippen molar-refractivity contribution in [1.82, 2.24) is 0 Å². The maximum absolute atomic E-state index is 12.7. The van der Waals surface area contributed by atoms with Crippen molar-refractivity contribution in [2.45, 2.75) is 20.8 Å². The van der Waals surface area contributed by atoms with E-state index >= 15 is 0 Å². The van der Waals surface area contributed by atoms with Crippen molar-refractivity contribution in [3.63, 3.8) is 0 Å². The molecular weight excluding hydrogens is 248 g/mol. The molecule has 3 aromatic rings. The number of hydrogen-bond acceptors (Lipinski definition) is 2. The molecule has 20 heavy (non-hydrogen) atoms. The summed E-state index contributed by atoms with van der Waals surface area (Å²) in [7, 11) is 0. The lowest BCUT2D eigenvalue weighted by atomic mass is 9.98. The fourth-order valence-corrected chi connectivity index (χ4v) is 2.46. The van der Waals surface area contributed by atoms with Crippen molar-refractivity contribution in [1.29, 1.82) is 0 Å². The molecule has 0 N–H and O–H groups in total. The number of benzene rings is 2. The minimum absolute atomic E-state index is 0.0312. The SMILES string of the molecule is Cc1ccc(C)c(-c2coc3ccc(C)cc3c2=O)c1. The van der Waals surface area contributed by atoms with Crippen molar-refractivity contribution >= 4 is 11.0 Å². The van der Waals surface area contributed by atoms with Gasteiger partial charge in [0.2, 0.25) is 5.43 Å². The molecule has 0 aliphatic heterocycles. The van der Waals surface area contributed by atoms with Crippen LogP contribution in [0.3, 0.4) is 0 Å². The van der Waals surface area contributed by atoms with Gasteiger partial charge in [0.15, 0.2) is 0 Å². The summed E-state index contributed by atoms with van der Waals surface area (Å²) in [5.41, 5.74) is 5.51. The Balaban J connectivity index is 2.35. The number of aryl methyl sites for hydroxylation is 3. The zero-order valence-electron chi connectivity index (χ0n) is 11.9. The molecule has 0 atom stereocenters. The van der Waals surface area contributed by atoms with Crippen LogP contribution in [0.5, 0.6) is 0 Å². The van der Waals surface area contributed by atoms with E-state index in [4.69, 9.17) is 4.42 Å². The van der Waals surface area contributed by atoms with Crippen LogP contribution in [-0.4, -0.2) is 0 Å². The minimum Gasteiger partial charge on any atom is -0.463 e. The number of fused-ring (bicyclic) bond motifs is 1. The molecule has 2 aromatic carbocycles. The summed E-state index contributed by atoms with van der Waals surface area (Å²) in [6.07, 6.45) is 1.57. The molecule has 0 fully saturated rings. The highest BCUT2D eigenvalue weighted by Crippen LogP contribution is 2.24. The van der Waals surface area contributed by atoms with Crippen LogP contribution in [0.15, 0.2) is 51.9 Å². The van der Waals surface area contributed by atoms with Gasteiger partial charge >= 0.3 is 0 Å². The largest absolute Gasteiger partial charge is 0.463 e. The van der Waals surface area contributed by atoms with Crippen LogP contribution in [0, 0.1) is 20.8 Å². The Morgan fingerprint density at radius 1 is 0.850 bits per heavy atom. The molecule has 100 valence electrons. The smallest absolute Gasteiger partial charge is 0.200 e. The lowest BCUT2D eigenvalue weighted by molar-refractivity contribution is 0.604. The summed E-state index contributed by atoms with van der Waals surface area (Å²) in [4.78, 5) is 12.7. The molecule has 0 saturated heterocycles. The fraction of sp³-hybridized carbons (Fsp3) is 0.167. The molecule has 2 heteroatoms. The lowest BCUT2D eigenvalue weighted by Gasteiger charge is -2.07. The van der Waals surface area contributed by atoms with E-state index in [0.29, 0.717) is 16.5 Å². The quantitative estimate of drug-likeness (QED) is 0.652. The van der Waals surface area contributed by atoms with E-state index in [1.807, 2.05) is 57.2 Å². The third kappa shape index (κ3) is 2.03. The second-order valence-electron chi connectivity index (χ2n) is 5.30. The van der Waals surface area contributed by atoms with Crippen LogP contribution < -0.4 is 5.43 Å². The van der Waals surface area contributed by atoms with Crippen LogP contribution in [0.4, 0.5) is 0 Å². The predicted octanol–water partition coefficient (Wildman–Crippen LogP) is 4.39. The van der Waals surface area contributed by atoms with E-state index < -0.39 is 0 Å². The Hall–Kier alpha value is -2.35. The van der Waals surface area contributed by atoms with Gasteiger partial charge in [0.1, 0.15) is 11.8 Å². The van der Waals surface area contributed by atoms with Gasteiger partial charge in [0.25, 0.3) is 0 Å². The van der Waals surface area contributed by atoms with Crippen LogP contribution >= 0.6 is 0 Å². The van der Waals surface area contributed by atoms with Crippen molar-refractivity contribution in [2.75, 3.05) is 0 Å². The topological polar surface area (TPSA) is 30.2 Å². The molecule has 1 heterocycles. The van der Waals surface area contributed by atoms with E-state index in [1.54, 1.807) is 6.26 Å². The highest BCUT2D eigenvalue weighted by molar-refractivity contribution is 5.82. The summed E-state index contributed by atoms with van der Waals surface area (Å²) in [5.74, 6) is 0. The van der Waals surface area contributed by atoms with E-state index in [1.165, 1.54) is 0 Å². The Kier molecular flexibility index (Phi) is 2.94. The Bertz CT molecular complexity index is 857. The second-order valence-corrected chi connectivity index (χ2v) is 5.30. The fourth-order valence-electron chi connectivity index (χ4n) is 2.46.